The Hall–Kier alpha value is -1.49. The number of nitrogens with zero attached hydrogens (tertiary/aromatic N) is 2. The first-order valence-corrected chi connectivity index (χ1v) is 8.78. The standard InChI is InChI=1S/C17H23N3OS/c1-8(2)10(4)19-16(21)14-9(3)13-11(5)18-15(12-6-7-12)20-17(13)22-14/h8,10,12H,6-7H2,1-5H3,(H,19,21)/t10-/m0/s1. The summed E-state index contributed by atoms with van der Waals surface area (Å²) in [7, 11) is 0. The van der Waals surface area contributed by atoms with Crippen molar-refractivity contribution < 1.29 is 4.79 Å². The summed E-state index contributed by atoms with van der Waals surface area (Å²) in [5.41, 5.74) is 2.00. The van der Waals surface area contributed by atoms with Crippen LogP contribution < -0.4 is 5.32 Å². The monoisotopic (exact) mass is 317 g/mol. The van der Waals surface area contributed by atoms with Crippen molar-refractivity contribution in [2.24, 2.45) is 5.92 Å². The highest BCUT2D eigenvalue weighted by Crippen LogP contribution is 2.40. The number of amides is 1. The first-order valence-electron chi connectivity index (χ1n) is 7.97. The Bertz CT molecular complexity index is 731. The third kappa shape index (κ3) is 2.74. The molecule has 0 saturated heterocycles. The van der Waals surface area contributed by atoms with Gasteiger partial charge in [0.1, 0.15) is 10.7 Å². The van der Waals surface area contributed by atoms with Crippen molar-refractivity contribution in [3.05, 3.63) is 22.0 Å². The van der Waals surface area contributed by atoms with E-state index in [9.17, 15) is 4.79 Å². The molecule has 0 aromatic carbocycles. The fourth-order valence-corrected chi connectivity index (χ4v) is 3.68. The maximum atomic E-state index is 12.5. The lowest BCUT2D eigenvalue weighted by Gasteiger charge is -2.17. The largest absolute Gasteiger partial charge is 0.349 e. The number of aromatic nitrogens is 2. The van der Waals surface area contributed by atoms with Gasteiger partial charge in [0.05, 0.1) is 10.6 Å². The summed E-state index contributed by atoms with van der Waals surface area (Å²) in [6.07, 6.45) is 2.38. The third-order valence-corrected chi connectivity index (χ3v) is 5.68. The zero-order chi connectivity index (χ0) is 16.0. The van der Waals surface area contributed by atoms with Crippen LogP contribution in [0.3, 0.4) is 0 Å². The molecule has 1 aliphatic carbocycles. The number of carbonyl (C=O) groups is 1. The summed E-state index contributed by atoms with van der Waals surface area (Å²) in [6, 6.07) is 0.159. The molecule has 1 N–H and O–H groups in total. The zero-order valence-electron chi connectivity index (χ0n) is 13.9. The van der Waals surface area contributed by atoms with Crippen LogP contribution in [0.25, 0.3) is 10.2 Å². The summed E-state index contributed by atoms with van der Waals surface area (Å²) >= 11 is 1.50. The first-order chi connectivity index (χ1) is 10.4. The second-order valence-corrected chi connectivity index (χ2v) is 7.68. The van der Waals surface area contributed by atoms with Crippen LogP contribution in [0.1, 0.15) is 66.3 Å². The molecule has 3 rings (SSSR count). The molecule has 1 aliphatic rings. The van der Waals surface area contributed by atoms with Crippen molar-refractivity contribution in [1.82, 2.24) is 15.3 Å². The van der Waals surface area contributed by atoms with Gasteiger partial charge in [0, 0.05) is 17.3 Å². The highest BCUT2D eigenvalue weighted by molar-refractivity contribution is 7.20. The quantitative estimate of drug-likeness (QED) is 0.928. The fraction of sp³-hybridized carbons (Fsp3) is 0.588. The lowest BCUT2D eigenvalue weighted by atomic mass is 10.1. The van der Waals surface area contributed by atoms with Gasteiger partial charge >= 0.3 is 0 Å². The molecule has 0 bridgehead atoms. The summed E-state index contributed by atoms with van der Waals surface area (Å²) in [5.74, 6) is 1.91. The van der Waals surface area contributed by atoms with E-state index < -0.39 is 0 Å². The Labute approximate surface area is 135 Å². The molecule has 2 aromatic rings. The van der Waals surface area contributed by atoms with Gasteiger partial charge in [-0.1, -0.05) is 13.8 Å². The molecule has 22 heavy (non-hydrogen) atoms. The Balaban J connectivity index is 1.98. The van der Waals surface area contributed by atoms with E-state index in [2.05, 4.69) is 24.1 Å². The molecule has 0 radical (unpaired) electrons. The maximum absolute atomic E-state index is 12.5. The average Bonchev–Trinajstić information content (AvgIpc) is 3.23. The average molecular weight is 317 g/mol. The van der Waals surface area contributed by atoms with Crippen LogP contribution in [0.15, 0.2) is 0 Å². The number of aryl methyl sites for hydroxylation is 2. The van der Waals surface area contributed by atoms with E-state index in [1.807, 2.05) is 20.8 Å². The Morgan fingerprint density at radius 1 is 1.23 bits per heavy atom. The molecular weight excluding hydrogens is 294 g/mol. The third-order valence-electron chi connectivity index (χ3n) is 4.50. The lowest BCUT2D eigenvalue weighted by molar-refractivity contribution is 0.0934. The van der Waals surface area contributed by atoms with Gasteiger partial charge in [-0.05, 0) is 45.1 Å². The smallest absolute Gasteiger partial charge is 0.261 e. The normalized spacial score (nSPS) is 16.3. The maximum Gasteiger partial charge on any atom is 0.261 e. The van der Waals surface area contributed by atoms with Crippen molar-refractivity contribution in [2.45, 2.75) is 59.4 Å². The summed E-state index contributed by atoms with van der Waals surface area (Å²) in [6.45, 7) is 10.3. The Kier molecular flexibility index (Phi) is 3.93. The molecule has 2 heterocycles. The van der Waals surface area contributed by atoms with E-state index in [0.29, 0.717) is 11.8 Å². The second kappa shape index (κ2) is 5.61. The van der Waals surface area contributed by atoms with Crippen molar-refractivity contribution >= 4 is 27.5 Å². The minimum Gasteiger partial charge on any atom is -0.349 e. The van der Waals surface area contributed by atoms with Crippen LogP contribution in [0.5, 0.6) is 0 Å². The molecule has 1 fully saturated rings. The number of hydrogen-bond donors (Lipinski definition) is 1. The van der Waals surface area contributed by atoms with Gasteiger partial charge in [-0.25, -0.2) is 9.97 Å². The molecule has 5 heteroatoms. The number of thiophene rings is 1. The van der Waals surface area contributed by atoms with Crippen molar-refractivity contribution in [1.29, 1.82) is 0 Å². The van der Waals surface area contributed by atoms with Crippen LogP contribution in [0.4, 0.5) is 0 Å². The molecule has 1 amide bonds. The number of hydrogen-bond acceptors (Lipinski definition) is 4. The van der Waals surface area contributed by atoms with Gasteiger partial charge in [-0.15, -0.1) is 11.3 Å². The summed E-state index contributed by atoms with van der Waals surface area (Å²) in [4.78, 5) is 23.6. The highest BCUT2D eigenvalue weighted by Gasteiger charge is 2.28. The topological polar surface area (TPSA) is 54.9 Å². The first kappa shape index (κ1) is 15.4. The molecule has 2 aromatic heterocycles. The molecule has 0 unspecified atom stereocenters. The van der Waals surface area contributed by atoms with Crippen LogP contribution >= 0.6 is 11.3 Å². The number of rotatable bonds is 4. The van der Waals surface area contributed by atoms with E-state index in [1.165, 1.54) is 24.2 Å². The molecule has 0 aliphatic heterocycles. The Morgan fingerprint density at radius 3 is 2.50 bits per heavy atom. The van der Waals surface area contributed by atoms with E-state index >= 15 is 0 Å². The summed E-state index contributed by atoms with van der Waals surface area (Å²) < 4.78 is 0. The van der Waals surface area contributed by atoms with Crippen LogP contribution in [0, 0.1) is 19.8 Å². The predicted octanol–water partition coefficient (Wildman–Crippen LogP) is 3.96. The highest BCUT2D eigenvalue weighted by atomic mass is 32.1. The van der Waals surface area contributed by atoms with Crippen molar-refractivity contribution in [2.75, 3.05) is 0 Å². The lowest BCUT2D eigenvalue weighted by Crippen LogP contribution is -2.35. The van der Waals surface area contributed by atoms with E-state index in [1.54, 1.807) is 0 Å². The van der Waals surface area contributed by atoms with Crippen molar-refractivity contribution in [3.8, 4) is 0 Å². The molecule has 1 saturated carbocycles. The van der Waals surface area contributed by atoms with E-state index in [-0.39, 0.29) is 11.9 Å². The van der Waals surface area contributed by atoms with Crippen LogP contribution in [0.2, 0.25) is 0 Å². The minimum atomic E-state index is 0.00840. The molecular formula is C17H23N3OS. The van der Waals surface area contributed by atoms with Gasteiger partial charge in [0.15, 0.2) is 0 Å². The summed E-state index contributed by atoms with van der Waals surface area (Å²) in [5, 5.41) is 4.14. The van der Waals surface area contributed by atoms with Gasteiger partial charge < -0.3 is 5.32 Å². The van der Waals surface area contributed by atoms with Gasteiger partial charge in [0.25, 0.3) is 5.91 Å². The minimum absolute atomic E-state index is 0.00840. The number of nitrogens with one attached hydrogen (secondary N) is 1. The van der Waals surface area contributed by atoms with E-state index in [0.717, 1.165) is 32.2 Å². The number of fused-ring (bicyclic) bond motifs is 1. The van der Waals surface area contributed by atoms with Crippen LogP contribution in [-0.2, 0) is 0 Å². The SMILES string of the molecule is Cc1nc(C2CC2)nc2sc(C(=O)N[C@@H](C)C(C)C)c(C)c12. The second-order valence-electron chi connectivity index (χ2n) is 6.68. The van der Waals surface area contributed by atoms with Crippen molar-refractivity contribution in [3.63, 3.8) is 0 Å². The van der Waals surface area contributed by atoms with E-state index in [4.69, 9.17) is 4.98 Å². The fourth-order valence-electron chi connectivity index (χ4n) is 2.54. The molecule has 0 spiro atoms. The van der Waals surface area contributed by atoms with Gasteiger partial charge in [0.2, 0.25) is 0 Å². The predicted molar refractivity (Wildman–Crippen MR) is 90.6 cm³/mol. The molecule has 1 atom stereocenters. The van der Waals surface area contributed by atoms with Gasteiger partial charge in [-0.2, -0.15) is 0 Å². The molecule has 118 valence electrons. The van der Waals surface area contributed by atoms with Gasteiger partial charge in [-0.3, -0.25) is 4.79 Å². The van der Waals surface area contributed by atoms with Crippen LogP contribution in [-0.4, -0.2) is 21.9 Å². The zero-order valence-corrected chi connectivity index (χ0v) is 14.7. The Morgan fingerprint density at radius 2 is 1.91 bits per heavy atom. The number of carbonyl (C=O) groups excluding carboxylic acids is 1. The molecule has 4 nitrogen and oxygen atoms in total.